The van der Waals surface area contributed by atoms with Crippen molar-refractivity contribution in [3.05, 3.63) is 192 Å². The van der Waals surface area contributed by atoms with Crippen LogP contribution in [0.3, 0.4) is 0 Å². The molecule has 10 rings (SSSR count). The van der Waals surface area contributed by atoms with Crippen molar-refractivity contribution in [2.24, 2.45) is 0 Å². The second-order valence-corrected chi connectivity index (χ2v) is 17.6. The maximum absolute atomic E-state index is 15.3. The molecule has 0 amide bonds. The first-order chi connectivity index (χ1) is 30.6. The summed E-state index contributed by atoms with van der Waals surface area (Å²) >= 11 is 0. The number of pyridine rings is 1. The molecule has 0 unspecified atom stereocenters. The maximum atomic E-state index is 15.3. The van der Waals surface area contributed by atoms with Gasteiger partial charge in [0.05, 0.1) is 22.4 Å². The van der Waals surface area contributed by atoms with E-state index in [0.717, 1.165) is 61.9 Å². The molecule has 0 N–H and O–H groups in total. The number of anilines is 4. The molecule has 0 aliphatic carbocycles. The monoisotopic (exact) mass is 826 g/mol. The zero-order valence-electron chi connectivity index (χ0n) is 36.7. The second-order valence-electron chi connectivity index (χ2n) is 17.6. The number of hydrogen-bond donors (Lipinski definition) is 0. The molecule has 0 spiro atoms. The maximum Gasteiger partial charge on any atom is 0.137 e. The number of hydrogen-bond acceptors (Lipinski definition) is 4. The lowest BCUT2D eigenvalue weighted by molar-refractivity contribution is 0.483. The van der Waals surface area contributed by atoms with Crippen LogP contribution in [0.5, 0.6) is 11.5 Å². The van der Waals surface area contributed by atoms with Gasteiger partial charge >= 0.3 is 0 Å². The number of halogens is 1. The first kappa shape index (κ1) is 39.9. The van der Waals surface area contributed by atoms with Crippen molar-refractivity contribution in [1.82, 2.24) is 9.55 Å². The van der Waals surface area contributed by atoms with Crippen molar-refractivity contribution in [3.63, 3.8) is 0 Å². The van der Waals surface area contributed by atoms with Gasteiger partial charge in [0.1, 0.15) is 29.8 Å². The Bertz CT molecular complexity index is 3120. The molecule has 312 valence electrons. The molecule has 0 atom stereocenters. The Morgan fingerprint density at radius 1 is 0.508 bits per heavy atom. The highest BCUT2D eigenvalue weighted by molar-refractivity contribution is 6.09. The number of fused-ring (bicyclic) bond motifs is 4. The second kappa shape index (κ2) is 16.3. The molecular formula is C57H51FN4O. The molecule has 9 aromatic rings. The standard InChI is InChI=1S/C57H51FN4O/c1-36(2)44-17-7-8-18-45(44)39-29-41(33-43(30-39)63-42-26-27-48-47-20-10-12-22-52(47)62(55(48)34-42)56-25-15-16-28-59-56)60-35-61(54-24-14-13-23-53(54)60)57-49(37(3)4)31-40(32-50(57)38(5)6)46-19-9-11-21-51(46)58/h7-34,36-38H,35H2,1-6H3. The van der Waals surface area contributed by atoms with E-state index in [1.54, 1.807) is 12.1 Å². The lowest BCUT2D eigenvalue weighted by Crippen LogP contribution is -2.26. The zero-order chi connectivity index (χ0) is 43.4. The van der Waals surface area contributed by atoms with Gasteiger partial charge in [-0.15, -0.1) is 0 Å². The van der Waals surface area contributed by atoms with Gasteiger partial charge in [-0.3, -0.25) is 4.57 Å². The number of para-hydroxylation sites is 3. The fourth-order valence-corrected chi connectivity index (χ4v) is 9.45. The highest BCUT2D eigenvalue weighted by Gasteiger charge is 2.33. The van der Waals surface area contributed by atoms with Crippen molar-refractivity contribution >= 4 is 44.6 Å². The van der Waals surface area contributed by atoms with Gasteiger partial charge < -0.3 is 14.5 Å². The normalized spacial score (nSPS) is 12.7. The van der Waals surface area contributed by atoms with E-state index in [2.05, 4.69) is 177 Å². The van der Waals surface area contributed by atoms with Gasteiger partial charge in [-0.05, 0) is 124 Å². The van der Waals surface area contributed by atoms with Crippen LogP contribution in [0.1, 0.15) is 76.0 Å². The smallest absolute Gasteiger partial charge is 0.137 e. The van der Waals surface area contributed by atoms with E-state index in [4.69, 9.17) is 9.72 Å². The Balaban J connectivity index is 1.12. The van der Waals surface area contributed by atoms with Crippen molar-refractivity contribution in [2.75, 3.05) is 16.5 Å². The van der Waals surface area contributed by atoms with Crippen LogP contribution in [0.15, 0.2) is 170 Å². The summed E-state index contributed by atoms with van der Waals surface area (Å²) in [7, 11) is 0. The van der Waals surface area contributed by atoms with E-state index in [0.29, 0.717) is 18.2 Å². The molecule has 0 saturated heterocycles. The molecule has 6 heteroatoms. The molecule has 3 heterocycles. The molecule has 63 heavy (non-hydrogen) atoms. The number of ether oxygens (including phenoxy) is 1. The summed E-state index contributed by atoms with van der Waals surface area (Å²) in [6, 6.07) is 56.4. The average molecular weight is 827 g/mol. The number of aromatic nitrogens is 2. The molecule has 0 saturated carbocycles. The van der Waals surface area contributed by atoms with Gasteiger partial charge in [-0.25, -0.2) is 9.37 Å². The Kier molecular flexibility index (Phi) is 10.3. The highest BCUT2D eigenvalue weighted by Crippen LogP contribution is 2.51. The zero-order valence-corrected chi connectivity index (χ0v) is 36.7. The third-order valence-corrected chi connectivity index (χ3v) is 12.5. The number of nitrogens with zero attached hydrogens (tertiary/aromatic N) is 4. The van der Waals surface area contributed by atoms with Crippen molar-refractivity contribution in [1.29, 1.82) is 0 Å². The Morgan fingerprint density at radius 3 is 1.84 bits per heavy atom. The van der Waals surface area contributed by atoms with Crippen LogP contribution in [0.4, 0.5) is 27.1 Å². The van der Waals surface area contributed by atoms with E-state index in [-0.39, 0.29) is 17.7 Å². The molecule has 0 radical (unpaired) electrons. The molecule has 7 aromatic carbocycles. The number of rotatable bonds is 10. The average Bonchev–Trinajstić information content (AvgIpc) is 3.85. The van der Waals surface area contributed by atoms with Crippen molar-refractivity contribution < 1.29 is 9.13 Å². The Labute approximate surface area is 369 Å². The highest BCUT2D eigenvalue weighted by atomic mass is 19.1. The molecule has 5 nitrogen and oxygen atoms in total. The van der Waals surface area contributed by atoms with Crippen LogP contribution in [0.25, 0.3) is 49.9 Å². The van der Waals surface area contributed by atoms with Crippen LogP contribution >= 0.6 is 0 Å². The molecule has 2 aromatic heterocycles. The summed E-state index contributed by atoms with van der Waals surface area (Å²) in [5, 5.41) is 2.31. The van der Waals surface area contributed by atoms with E-state index in [1.165, 1.54) is 33.3 Å². The first-order valence-electron chi connectivity index (χ1n) is 22.1. The molecule has 0 bridgehead atoms. The quantitative estimate of drug-likeness (QED) is 0.138. The minimum Gasteiger partial charge on any atom is -0.457 e. The molecular weight excluding hydrogens is 776 g/mol. The van der Waals surface area contributed by atoms with Gasteiger partial charge in [0.25, 0.3) is 0 Å². The minimum absolute atomic E-state index is 0.190. The van der Waals surface area contributed by atoms with E-state index < -0.39 is 0 Å². The van der Waals surface area contributed by atoms with Gasteiger partial charge in [0, 0.05) is 46.0 Å². The van der Waals surface area contributed by atoms with Crippen molar-refractivity contribution in [3.8, 4) is 39.6 Å². The summed E-state index contributed by atoms with van der Waals surface area (Å²) in [6.45, 7) is 14.0. The van der Waals surface area contributed by atoms with E-state index in [1.807, 2.05) is 36.5 Å². The van der Waals surface area contributed by atoms with Crippen LogP contribution in [-0.4, -0.2) is 16.2 Å². The van der Waals surface area contributed by atoms with E-state index in [9.17, 15) is 0 Å². The molecule has 1 aliphatic rings. The summed E-state index contributed by atoms with van der Waals surface area (Å²) in [4.78, 5) is 9.62. The first-order valence-corrected chi connectivity index (χ1v) is 22.1. The third-order valence-electron chi connectivity index (χ3n) is 12.5. The topological polar surface area (TPSA) is 33.5 Å². The summed E-state index contributed by atoms with van der Waals surface area (Å²) in [5.41, 5.74) is 14.0. The summed E-state index contributed by atoms with van der Waals surface area (Å²) in [5.74, 6) is 2.84. The Hall–Kier alpha value is -7.18. The van der Waals surface area contributed by atoms with Gasteiger partial charge in [-0.1, -0.05) is 120 Å². The fraction of sp³-hybridized carbons (Fsp3) is 0.175. The largest absolute Gasteiger partial charge is 0.457 e. The lowest BCUT2D eigenvalue weighted by Gasteiger charge is -2.30. The van der Waals surface area contributed by atoms with Crippen LogP contribution < -0.4 is 14.5 Å². The minimum atomic E-state index is -0.209. The Morgan fingerprint density at radius 2 is 1.13 bits per heavy atom. The van der Waals surface area contributed by atoms with Crippen LogP contribution in [0, 0.1) is 5.82 Å². The summed E-state index contributed by atoms with van der Waals surface area (Å²) < 4.78 is 24.6. The van der Waals surface area contributed by atoms with Crippen molar-refractivity contribution in [2.45, 2.75) is 59.3 Å². The van der Waals surface area contributed by atoms with Gasteiger partial charge in [0.2, 0.25) is 0 Å². The predicted molar refractivity (Wildman–Crippen MR) is 260 cm³/mol. The van der Waals surface area contributed by atoms with Crippen LogP contribution in [0.2, 0.25) is 0 Å². The third kappa shape index (κ3) is 7.19. The van der Waals surface area contributed by atoms with Gasteiger partial charge in [-0.2, -0.15) is 0 Å². The SMILES string of the molecule is CC(C)c1ccccc1-c1cc(Oc2ccc3c4ccccc4n(-c4ccccn4)c3c2)cc(N2CN(c3c(C(C)C)cc(-c4ccccc4F)cc3C(C)C)c3ccccc32)c1. The molecule has 0 fully saturated rings. The predicted octanol–water partition coefficient (Wildman–Crippen LogP) is 16.1. The van der Waals surface area contributed by atoms with E-state index >= 15 is 4.39 Å². The summed E-state index contributed by atoms with van der Waals surface area (Å²) in [6.07, 6.45) is 1.84. The lowest BCUT2D eigenvalue weighted by atomic mass is 9.87. The van der Waals surface area contributed by atoms with Gasteiger partial charge in [0.15, 0.2) is 0 Å². The fourth-order valence-electron chi connectivity index (χ4n) is 9.45. The van der Waals surface area contributed by atoms with Crippen LogP contribution in [-0.2, 0) is 0 Å². The molecule has 1 aliphatic heterocycles. The number of benzene rings is 7.